The van der Waals surface area contributed by atoms with Crippen molar-refractivity contribution in [2.45, 2.75) is 31.5 Å². The third-order valence-corrected chi connectivity index (χ3v) is 4.21. The molecule has 3 rings (SSSR count). The van der Waals surface area contributed by atoms with Crippen LogP contribution in [0, 0.1) is 17.5 Å². The van der Waals surface area contributed by atoms with Crippen molar-refractivity contribution in [1.29, 1.82) is 0 Å². The van der Waals surface area contributed by atoms with E-state index < -0.39 is 42.5 Å². The molecule has 124 valence electrons. The van der Waals surface area contributed by atoms with Gasteiger partial charge in [-0.1, -0.05) is 0 Å². The Morgan fingerprint density at radius 1 is 1.48 bits per heavy atom. The molecule has 0 spiro atoms. The van der Waals surface area contributed by atoms with E-state index in [0.717, 1.165) is 0 Å². The van der Waals surface area contributed by atoms with Gasteiger partial charge in [-0.15, -0.1) is 0 Å². The molecule has 2 unspecified atom stereocenters. The van der Waals surface area contributed by atoms with Crippen LogP contribution in [0.15, 0.2) is 11.0 Å². The molecule has 4 atom stereocenters. The van der Waals surface area contributed by atoms with Crippen LogP contribution in [0.5, 0.6) is 0 Å². The maximum atomic E-state index is 13.8. The topological polar surface area (TPSA) is 121 Å². The first kappa shape index (κ1) is 16.1. The molecule has 0 saturated carbocycles. The molecule has 1 aliphatic rings. The molecule has 0 radical (unpaired) electrons. The van der Waals surface area contributed by atoms with E-state index in [1.807, 2.05) is 0 Å². The number of aryl methyl sites for hydroxylation is 1. The molecule has 0 bridgehead atoms. The van der Waals surface area contributed by atoms with Crippen LogP contribution in [0.2, 0.25) is 0 Å². The van der Waals surface area contributed by atoms with Crippen LogP contribution in [0.3, 0.4) is 0 Å². The van der Waals surface area contributed by atoms with Crippen molar-refractivity contribution in [2.24, 2.45) is 0 Å². The van der Waals surface area contributed by atoms with E-state index in [9.17, 15) is 19.4 Å². The summed E-state index contributed by atoms with van der Waals surface area (Å²) in [6.45, 7) is 0.934. The lowest BCUT2D eigenvalue weighted by molar-refractivity contribution is -0.0538. The smallest absolute Gasteiger partial charge is 0.285 e. The van der Waals surface area contributed by atoms with Gasteiger partial charge in [0, 0.05) is 17.1 Å². The summed E-state index contributed by atoms with van der Waals surface area (Å²) in [5.74, 6) is -0.941. The fourth-order valence-corrected chi connectivity index (χ4v) is 2.83. The molecule has 0 amide bonds. The van der Waals surface area contributed by atoms with Crippen molar-refractivity contribution in [1.82, 2.24) is 14.5 Å². The summed E-state index contributed by atoms with van der Waals surface area (Å²) in [6, 6.07) is 0. The molecule has 2 aromatic heterocycles. The molecule has 1 saturated heterocycles. The van der Waals surface area contributed by atoms with E-state index >= 15 is 0 Å². The predicted molar refractivity (Wildman–Crippen MR) is 78.9 cm³/mol. The summed E-state index contributed by atoms with van der Waals surface area (Å²) >= 11 is 5.10. The van der Waals surface area contributed by atoms with Gasteiger partial charge in [-0.2, -0.15) is 0 Å². The molecule has 1 aliphatic heterocycles. The first-order chi connectivity index (χ1) is 10.8. The van der Waals surface area contributed by atoms with Gasteiger partial charge < -0.3 is 25.0 Å². The van der Waals surface area contributed by atoms with Crippen molar-refractivity contribution in [3.05, 3.63) is 32.7 Å². The number of H-pyrrole nitrogens is 1. The van der Waals surface area contributed by atoms with Gasteiger partial charge in [0.1, 0.15) is 24.0 Å². The first-order valence-corrected chi connectivity index (χ1v) is 7.19. The number of halogens is 1. The number of hydrogen-bond donors (Lipinski definition) is 4. The van der Waals surface area contributed by atoms with Crippen LogP contribution in [0.1, 0.15) is 11.8 Å². The highest BCUT2D eigenvalue weighted by atomic mass is 32.1. The first-order valence-electron chi connectivity index (χ1n) is 6.79. The number of aromatic nitrogens is 3. The number of nitrogens with one attached hydrogen (secondary N) is 1. The van der Waals surface area contributed by atoms with Crippen molar-refractivity contribution >= 4 is 23.3 Å². The van der Waals surface area contributed by atoms with Gasteiger partial charge in [-0.25, -0.2) is 9.37 Å². The molecule has 3 heterocycles. The number of hydrogen-bond acceptors (Lipinski definition) is 7. The molecule has 23 heavy (non-hydrogen) atoms. The van der Waals surface area contributed by atoms with Crippen LogP contribution < -0.4 is 5.56 Å². The molecule has 0 aromatic carbocycles. The van der Waals surface area contributed by atoms with Gasteiger partial charge in [0.25, 0.3) is 5.56 Å². The number of pyridine rings is 1. The van der Waals surface area contributed by atoms with Crippen LogP contribution in [0.25, 0.3) is 11.0 Å². The second-order valence-corrected chi connectivity index (χ2v) is 5.68. The molecular weight excluding hydrogens is 329 g/mol. The monoisotopic (exact) mass is 343 g/mol. The van der Waals surface area contributed by atoms with E-state index in [2.05, 4.69) is 9.97 Å². The highest BCUT2D eigenvalue weighted by Crippen LogP contribution is 2.30. The summed E-state index contributed by atoms with van der Waals surface area (Å²) in [6.07, 6.45) is -3.30. The van der Waals surface area contributed by atoms with Gasteiger partial charge >= 0.3 is 0 Å². The lowest BCUT2D eigenvalue weighted by Crippen LogP contribution is -2.33. The minimum absolute atomic E-state index is 0.0333. The van der Waals surface area contributed by atoms with Gasteiger partial charge in [-0.3, -0.25) is 9.36 Å². The maximum Gasteiger partial charge on any atom is 0.285 e. The van der Waals surface area contributed by atoms with E-state index in [4.69, 9.17) is 22.1 Å². The molecule has 0 aliphatic carbocycles. The summed E-state index contributed by atoms with van der Waals surface area (Å²) in [5.41, 5.74) is -0.712. The van der Waals surface area contributed by atoms with Crippen LogP contribution in [-0.2, 0) is 4.74 Å². The van der Waals surface area contributed by atoms with E-state index in [-0.39, 0.29) is 21.4 Å². The van der Waals surface area contributed by atoms with E-state index in [1.54, 1.807) is 0 Å². The fourth-order valence-electron chi connectivity index (χ4n) is 2.58. The van der Waals surface area contributed by atoms with E-state index in [0.29, 0.717) is 0 Å². The quantitative estimate of drug-likeness (QED) is 0.543. The van der Waals surface area contributed by atoms with Crippen molar-refractivity contribution < 1.29 is 24.4 Å². The minimum Gasteiger partial charge on any atom is -0.394 e. The number of ether oxygens (including phenoxy) is 1. The van der Waals surface area contributed by atoms with Gasteiger partial charge in [0.15, 0.2) is 12.0 Å². The predicted octanol–water partition coefficient (Wildman–Crippen LogP) is -0.487. The van der Waals surface area contributed by atoms with Crippen molar-refractivity contribution in [2.75, 3.05) is 6.61 Å². The number of aromatic amines is 1. The standard InChI is InChI=1S/C13H14FN3O5S/c1-4-5-2-17(12-9(20)8(19)6(3-18)22-12)13(23)16-10(5)15-11(21)7(4)14/h2,6,8-9,12,18-20H,3H2,1H3,(H,15,16,21,23)/t6-,8?,9?,12-/m1/s1. The molecule has 10 heteroatoms. The third-order valence-electron chi connectivity index (χ3n) is 3.91. The Labute approximate surface area is 133 Å². The van der Waals surface area contributed by atoms with Gasteiger partial charge in [0.05, 0.1) is 6.61 Å². The molecule has 1 fully saturated rings. The number of rotatable bonds is 2. The Kier molecular flexibility index (Phi) is 4.02. The largest absolute Gasteiger partial charge is 0.394 e. The third kappa shape index (κ3) is 2.48. The summed E-state index contributed by atoms with van der Waals surface area (Å²) in [7, 11) is 0. The SMILES string of the molecule is Cc1c(F)c(=O)[nH]c2nc(=S)n([C@@H]3O[C@H](CO)C(O)C3O)cc12. The Hall–Kier alpha value is -1.72. The summed E-state index contributed by atoms with van der Waals surface area (Å²) < 4.78 is 20.4. The van der Waals surface area contributed by atoms with Crippen molar-refractivity contribution in [3.63, 3.8) is 0 Å². The lowest BCUT2D eigenvalue weighted by atomic mass is 10.1. The normalized spacial score (nSPS) is 27.7. The van der Waals surface area contributed by atoms with Crippen LogP contribution in [-0.4, -0.2) is 54.8 Å². The van der Waals surface area contributed by atoms with Gasteiger partial charge in [0.2, 0.25) is 4.77 Å². The lowest BCUT2D eigenvalue weighted by Gasteiger charge is -2.19. The summed E-state index contributed by atoms with van der Waals surface area (Å²) in [5, 5.41) is 29.3. The average molecular weight is 343 g/mol. The Morgan fingerprint density at radius 3 is 2.78 bits per heavy atom. The van der Waals surface area contributed by atoms with Crippen LogP contribution >= 0.6 is 12.2 Å². The zero-order valence-electron chi connectivity index (χ0n) is 11.9. The molecule has 4 N–H and O–H groups in total. The Bertz CT molecular complexity index is 882. The highest BCUT2D eigenvalue weighted by Gasteiger charge is 2.43. The zero-order valence-corrected chi connectivity index (χ0v) is 12.7. The Morgan fingerprint density at radius 2 is 2.17 bits per heavy atom. The minimum atomic E-state index is -1.34. The number of fused-ring (bicyclic) bond motifs is 1. The number of aliphatic hydroxyl groups excluding tert-OH is 3. The van der Waals surface area contributed by atoms with Crippen LogP contribution in [0.4, 0.5) is 4.39 Å². The fraction of sp³-hybridized carbons (Fsp3) is 0.462. The molecule has 8 nitrogen and oxygen atoms in total. The maximum absolute atomic E-state index is 13.8. The zero-order chi connectivity index (χ0) is 16.9. The number of aliphatic hydroxyl groups is 3. The summed E-state index contributed by atoms with van der Waals surface area (Å²) in [4.78, 5) is 17.7. The molecule has 2 aromatic rings. The van der Waals surface area contributed by atoms with E-state index in [1.165, 1.54) is 17.7 Å². The second kappa shape index (κ2) is 5.73. The highest BCUT2D eigenvalue weighted by molar-refractivity contribution is 7.71. The average Bonchev–Trinajstić information content (AvgIpc) is 2.80. The second-order valence-electron chi connectivity index (χ2n) is 5.31. The van der Waals surface area contributed by atoms with Crippen molar-refractivity contribution in [3.8, 4) is 0 Å². The Balaban J connectivity index is 2.18. The van der Waals surface area contributed by atoms with Gasteiger partial charge in [-0.05, 0) is 19.1 Å². The number of nitrogens with zero attached hydrogens (tertiary/aromatic N) is 2. The molecular formula is C13H14FN3O5S.